The van der Waals surface area contributed by atoms with Crippen molar-refractivity contribution < 1.29 is 0 Å². The minimum absolute atomic E-state index is 0.849. The van der Waals surface area contributed by atoms with Gasteiger partial charge < -0.3 is 5.41 Å². The predicted molar refractivity (Wildman–Crippen MR) is 248 cm³/mol. The lowest BCUT2D eigenvalue weighted by atomic mass is 9.88. The summed E-state index contributed by atoms with van der Waals surface area (Å²) in [6.45, 7) is 0. The molecule has 0 radical (unpaired) electrons. The molecule has 0 aliphatic rings. The quantitative estimate of drug-likeness (QED) is 0.142. The summed E-state index contributed by atoms with van der Waals surface area (Å²) in [5, 5.41) is 26.5. The average molecular weight is 735 g/mol. The first kappa shape index (κ1) is 32.6. The Balaban J connectivity index is 1.18. The van der Waals surface area contributed by atoms with E-state index < -0.39 is 0 Å². The second-order valence-electron chi connectivity index (χ2n) is 15.4. The summed E-state index contributed by atoms with van der Waals surface area (Å²) in [6.07, 6.45) is 1.40. The molecule has 0 aliphatic heterocycles. The highest BCUT2D eigenvalue weighted by Gasteiger charge is 2.18. The van der Waals surface area contributed by atoms with Gasteiger partial charge >= 0.3 is 0 Å². The molecule has 0 fully saturated rings. The van der Waals surface area contributed by atoms with Crippen LogP contribution in [-0.2, 0) is 0 Å². The predicted octanol–water partition coefficient (Wildman–Crippen LogP) is 15.3. The van der Waals surface area contributed by atoms with Crippen LogP contribution in [0.4, 0.5) is 0 Å². The zero-order valence-electron chi connectivity index (χ0n) is 31.5. The van der Waals surface area contributed by atoms with E-state index in [1.165, 1.54) is 87.4 Å². The van der Waals surface area contributed by atoms with Gasteiger partial charge in [0.15, 0.2) is 0 Å². The third-order valence-corrected chi connectivity index (χ3v) is 12.3. The third kappa shape index (κ3) is 4.85. The summed E-state index contributed by atoms with van der Waals surface area (Å²) in [4.78, 5) is 5.47. The van der Waals surface area contributed by atoms with Gasteiger partial charge in [0, 0.05) is 22.6 Å². The Morgan fingerprint density at radius 2 is 0.707 bits per heavy atom. The van der Waals surface area contributed by atoms with E-state index in [9.17, 15) is 0 Å². The number of nitrogens with zero attached hydrogens (tertiary/aromatic N) is 1. The van der Waals surface area contributed by atoms with Gasteiger partial charge in [0.25, 0.3) is 0 Å². The maximum absolute atomic E-state index is 8.01. The molecule has 268 valence electrons. The summed E-state index contributed by atoms with van der Waals surface area (Å²) < 4.78 is 0. The Morgan fingerprint density at radius 1 is 0.293 bits per heavy atom. The molecule has 0 atom stereocenters. The van der Waals surface area contributed by atoms with E-state index in [2.05, 4.69) is 182 Å². The van der Waals surface area contributed by atoms with Crippen LogP contribution in [0.1, 0.15) is 5.56 Å². The zero-order chi connectivity index (χ0) is 38.3. The summed E-state index contributed by atoms with van der Waals surface area (Å²) in [6, 6.07) is 70.6. The molecule has 0 saturated heterocycles. The summed E-state index contributed by atoms with van der Waals surface area (Å²) in [7, 11) is 0. The number of aromatic nitrogens is 1. The number of nitrogens with one attached hydrogen (secondary N) is 1. The number of hydrogen-bond donors (Lipinski definition) is 1. The highest BCUT2D eigenvalue weighted by atomic mass is 14.7. The molecular weight excluding hydrogens is 701 g/mol. The standard InChI is InChI=1S/C56H34N2/c57-33-34-12-11-13-37(28-34)55-32-51(36-25-27-48-43-19-4-2-15-39(43)41-17-6-8-21-45(41)53(48)30-36)54-31-50(46-22-9-10-23-49(46)56(54)58-55)35-24-26-47-42-18-3-1-14-38(42)40-16-5-7-20-44(40)52(47)29-35/h1-33,57H. The largest absolute Gasteiger partial charge is 0.308 e. The molecule has 11 aromatic carbocycles. The molecule has 2 nitrogen and oxygen atoms in total. The van der Waals surface area contributed by atoms with Crippen LogP contribution >= 0.6 is 0 Å². The smallest absolute Gasteiger partial charge is 0.0794 e. The summed E-state index contributed by atoms with van der Waals surface area (Å²) >= 11 is 0. The van der Waals surface area contributed by atoms with Gasteiger partial charge in [0.2, 0.25) is 0 Å². The maximum Gasteiger partial charge on any atom is 0.0794 e. The van der Waals surface area contributed by atoms with Crippen LogP contribution in [0.25, 0.3) is 120 Å². The van der Waals surface area contributed by atoms with Gasteiger partial charge in [-0.2, -0.15) is 0 Å². The SMILES string of the molecule is N=Cc1cccc(-c2cc(-c3ccc4c5ccccc5c5ccccc5c4c3)c3cc(-c4ccc5c6ccccc6c6ccccc6c5c4)c4ccccc4c3n2)c1. The van der Waals surface area contributed by atoms with E-state index in [1.807, 2.05) is 12.1 Å². The van der Waals surface area contributed by atoms with Crippen LogP contribution in [0.5, 0.6) is 0 Å². The van der Waals surface area contributed by atoms with Crippen LogP contribution in [0, 0.1) is 5.41 Å². The number of fused-ring (bicyclic) bond motifs is 15. The van der Waals surface area contributed by atoms with Gasteiger partial charge in [-0.3, -0.25) is 0 Å². The van der Waals surface area contributed by atoms with Crippen molar-refractivity contribution in [2.45, 2.75) is 0 Å². The van der Waals surface area contributed by atoms with Crippen molar-refractivity contribution >= 4 is 92.5 Å². The molecule has 1 N–H and O–H groups in total. The lowest BCUT2D eigenvalue weighted by Crippen LogP contribution is -1.94. The van der Waals surface area contributed by atoms with Crippen molar-refractivity contribution in [3.05, 3.63) is 200 Å². The number of hydrogen-bond acceptors (Lipinski definition) is 2. The lowest BCUT2D eigenvalue weighted by molar-refractivity contribution is 1.40. The Labute approximate surface area is 334 Å². The maximum atomic E-state index is 8.01. The van der Waals surface area contributed by atoms with Crippen molar-refractivity contribution in [3.63, 3.8) is 0 Å². The van der Waals surface area contributed by atoms with Gasteiger partial charge in [0.1, 0.15) is 0 Å². The van der Waals surface area contributed by atoms with E-state index in [0.29, 0.717) is 0 Å². The van der Waals surface area contributed by atoms with Gasteiger partial charge in [-0.15, -0.1) is 0 Å². The fourth-order valence-corrected chi connectivity index (χ4v) is 9.62. The second kappa shape index (κ2) is 12.7. The van der Waals surface area contributed by atoms with Crippen LogP contribution < -0.4 is 0 Å². The number of pyridine rings is 1. The molecular formula is C56H34N2. The first-order valence-corrected chi connectivity index (χ1v) is 19.9. The highest BCUT2D eigenvalue weighted by molar-refractivity contribution is 6.28. The Bertz CT molecular complexity index is 3640. The molecule has 58 heavy (non-hydrogen) atoms. The van der Waals surface area contributed by atoms with E-state index >= 15 is 0 Å². The molecule has 1 aromatic heterocycles. The summed E-state index contributed by atoms with van der Waals surface area (Å²) in [5.74, 6) is 0. The monoisotopic (exact) mass is 734 g/mol. The molecule has 12 aromatic rings. The molecule has 0 amide bonds. The van der Waals surface area contributed by atoms with Gasteiger partial charge in [-0.25, -0.2) is 4.98 Å². The Kier molecular flexibility index (Phi) is 7.11. The topological polar surface area (TPSA) is 36.7 Å². The van der Waals surface area contributed by atoms with Crippen molar-refractivity contribution in [3.8, 4) is 33.5 Å². The molecule has 0 saturated carbocycles. The van der Waals surface area contributed by atoms with Crippen LogP contribution in [0.15, 0.2) is 194 Å². The molecule has 0 aliphatic carbocycles. The van der Waals surface area contributed by atoms with Crippen LogP contribution in [-0.4, -0.2) is 11.2 Å². The minimum Gasteiger partial charge on any atom is -0.308 e. The van der Waals surface area contributed by atoms with E-state index in [-0.39, 0.29) is 0 Å². The van der Waals surface area contributed by atoms with Crippen molar-refractivity contribution in [2.24, 2.45) is 0 Å². The Hall–Kier alpha value is -7.68. The van der Waals surface area contributed by atoms with E-state index in [0.717, 1.165) is 44.2 Å². The minimum atomic E-state index is 0.849. The molecule has 0 bridgehead atoms. The first-order chi connectivity index (χ1) is 28.7. The highest BCUT2D eigenvalue weighted by Crippen LogP contribution is 2.44. The normalized spacial score (nSPS) is 11.9. The van der Waals surface area contributed by atoms with Crippen molar-refractivity contribution in [2.75, 3.05) is 0 Å². The summed E-state index contributed by atoms with van der Waals surface area (Å²) in [5.41, 5.74) is 8.32. The molecule has 1 heterocycles. The van der Waals surface area contributed by atoms with Crippen molar-refractivity contribution in [1.82, 2.24) is 4.98 Å². The molecule has 2 heteroatoms. The second-order valence-corrected chi connectivity index (χ2v) is 15.4. The van der Waals surface area contributed by atoms with Gasteiger partial charge in [0.05, 0.1) is 11.2 Å². The Morgan fingerprint density at radius 3 is 1.19 bits per heavy atom. The first-order valence-electron chi connectivity index (χ1n) is 19.9. The fourth-order valence-electron chi connectivity index (χ4n) is 9.62. The van der Waals surface area contributed by atoms with Crippen LogP contribution in [0.3, 0.4) is 0 Å². The van der Waals surface area contributed by atoms with Gasteiger partial charge in [-0.1, -0.05) is 164 Å². The molecule has 0 unspecified atom stereocenters. The van der Waals surface area contributed by atoms with Crippen LogP contribution in [0.2, 0.25) is 0 Å². The molecule has 0 spiro atoms. The third-order valence-electron chi connectivity index (χ3n) is 12.3. The fraction of sp³-hybridized carbons (Fsp3) is 0. The number of rotatable bonds is 4. The lowest BCUT2D eigenvalue weighted by Gasteiger charge is -2.18. The van der Waals surface area contributed by atoms with Gasteiger partial charge in [-0.05, 0) is 128 Å². The van der Waals surface area contributed by atoms with Crippen molar-refractivity contribution in [1.29, 1.82) is 5.41 Å². The van der Waals surface area contributed by atoms with E-state index in [1.54, 1.807) is 0 Å². The molecule has 12 rings (SSSR count). The number of benzene rings is 11. The van der Waals surface area contributed by atoms with E-state index in [4.69, 9.17) is 10.4 Å². The zero-order valence-corrected chi connectivity index (χ0v) is 31.5. The average Bonchev–Trinajstić information content (AvgIpc) is 3.31.